The summed E-state index contributed by atoms with van der Waals surface area (Å²) in [6, 6.07) is 12.3. The van der Waals surface area contributed by atoms with Crippen molar-refractivity contribution in [2.24, 2.45) is 5.92 Å². The minimum Gasteiger partial charge on any atom is -0.345 e. The molecular weight excluding hydrogens is 332 g/mol. The molecule has 2 aromatic rings. The third kappa shape index (κ3) is 5.37. The SMILES string of the molecule is CC[C@H](C)N(Cc1cccn1Cc1ccccc1Cl)C(=O)CC(C)C. The molecule has 0 fully saturated rings. The molecule has 1 aromatic heterocycles. The molecule has 0 radical (unpaired) electrons. The molecule has 136 valence electrons. The lowest BCUT2D eigenvalue weighted by molar-refractivity contribution is -0.134. The van der Waals surface area contributed by atoms with Gasteiger partial charge in [0.1, 0.15) is 0 Å². The van der Waals surface area contributed by atoms with Gasteiger partial charge in [-0.3, -0.25) is 4.79 Å². The fourth-order valence-corrected chi connectivity index (χ4v) is 3.10. The maximum Gasteiger partial charge on any atom is 0.223 e. The van der Waals surface area contributed by atoms with E-state index in [0.717, 1.165) is 22.7 Å². The first-order valence-corrected chi connectivity index (χ1v) is 9.47. The molecule has 0 aliphatic rings. The van der Waals surface area contributed by atoms with E-state index in [1.165, 1.54) is 0 Å². The van der Waals surface area contributed by atoms with E-state index in [-0.39, 0.29) is 11.9 Å². The van der Waals surface area contributed by atoms with Gasteiger partial charge in [-0.2, -0.15) is 0 Å². The molecule has 0 N–H and O–H groups in total. The monoisotopic (exact) mass is 360 g/mol. The predicted molar refractivity (Wildman–Crippen MR) is 105 cm³/mol. The molecule has 1 heterocycles. The number of hydrogen-bond acceptors (Lipinski definition) is 1. The second kappa shape index (κ2) is 9.10. The summed E-state index contributed by atoms with van der Waals surface area (Å²) in [6.07, 6.45) is 3.60. The number of carbonyl (C=O) groups excluding carboxylic acids is 1. The van der Waals surface area contributed by atoms with Crippen LogP contribution in [0.3, 0.4) is 0 Å². The molecule has 0 saturated carbocycles. The Bertz CT molecular complexity index is 693. The molecule has 1 atom stereocenters. The highest BCUT2D eigenvalue weighted by Gasteiger charge is 2.21. The zero-order valence-electron chi connectivity index (χ0n) is 15.7. The molecule has 1 amide bonds. The molecule has 0 bridgehead atoms. The van der Waals surface area contributed by atoms with Gasteiger partial charge in [0, 0.05) is 35.9 Å². The van der Waals surface area contributed by atoms with Crippen molar-refractivity contribution in [3.05, 3.63) is 58.9 Å². The maximum absolute atomic E-state index is 12.7. The Balaban J connectivity index is 2.19. The average Bonchev–Trinajstić information content (AvgIpc) is 3.00. The van der Waals surface area contributed by atoms with Crippen LogP contribution in [0.5, 0.6) is 0 Å². The van der Waals surface area contributed by atoms with Crippen LogP contribution in [0.15, 0.2) is 42.6 Å². The molecule has 2 rings (SSSR count). The van der Waals surface area contributed by atoms with Gasteiger partial charge in [-0.05, 0) is 43.0 Å². The highest BCUT2D eigenvalue weighted by atomic mass is 35.5. The predicted octanol–water partition coefficient (Wildman–Crippen LogP) is 5.36. The number of carbonyl (C=O) groups is 1. The van der Waals surface area contributed by atoms with Gasteiger partial charge in [0.15, 0.2) is 0 Å². The molecule has 0 aliphatic heterocycles. The summed E-state index contributed by atoms with van der Waals surface area (Å²) in [5, 5.41) is 0.775. The standard InChI is InChI=1S/C21H29ClN2O/c1-5-17(4)24(21(25)13-16(2)3)15-19-10-8-12-23(19)14-18-9-6-7-11-20(18)22/h6-12,16-17H,5,13-15H2,1-4H3/t17-/m0/s1. The van der Waals surface area contributed by atoms with E-state index in [1.807, 2.05) is 35.2 Å². The Hall–Kier alpha value is -1.74. The smallest absolute Gasteiger partial charge is 0.223 e. The lowest BCUT2D eigenvalue weighted by Crippen LogP contribution is -2.38. The Morgan fingerprint density at radius 1 is 1.16 bits per heavy atom. The number of hydrogen-bond donors (Lipinski definition) is 0. The zero-order valence-corrected chi connectivity index (χ0v) is 16.5. The lowest BCUT2D eigenvalue weighted by atomic mass is 10.1. The van der Waals surface area contributed by atoms with Crippen molar-refractivity contribution in [2.75, 3.05) is 0 Å². The fourth-order valence-electron chi connectivity index (χ4n) is 2.91. The number of nitrogens with zero attached hydrogens (tertiary/aromatic N) is 2. The normalized spacial score (nSPS) is 12.4. The number of rotatable bonds is 8. The first kappa shape index (κ1) is 19.6. The topological polar surface area (TPSA) is 25.2 Å². The van der Waals surface area contributed by atoms with Crippen molar-refractivity contribution >= 4 is 17.5 Å². The Morgan fingerprint density at radius 3 is 2.52 bits per heavy atom. The summed E-state index contributed by atoms with van der Waals surface area (Å²) in [5.74, 6) is 0.601. The molecule has 3 nitrogen and oxygen atoms in total. The third-order valence-corrected chi connectivity index (χ3v) is 4.95. The number of halogens is 1. The van der Waals surface area contributed by atoms with Gasteiger partial charge in [-0.15, -0.1) is 0 Å². The molecule has 0 unspecified atom stereocenters. The van der Waals surface area contributed by atoms with Gasteiger partial charge in [0.05, 0.1) is 6.54 Å². The molecule has 0 spiro atoms. The molecule has 0 saturated heterocycles. The largest absolute Gasteiger partial charge is 0.345 e. The Morgan fingerprint density at radius 2 is 1.88 bits per heavy atom. The van der Waals surface area contributed by atoms with Crippen molar-refractivity contribution in [2.45, 2.75) is 59.7 Å². The first-order valence-electron chi connectivity index (χ1n) is 9.09. The van der Waals surface area contributed by atoms with Crippen molar-refractivity contribution < 1.29 is 4.79 Å². The van der Waals surface area contributed by atoms with Gasteiger partial charge in [-0.1, -0.05) is 50.6 Å². The summed E-state index contributed by atoms with van der Waals surface area (Å²) in [7, 11) is 0. The van der Waals surface area contributed by atoms with Crippen LogP contribution >= 0.6 is 11.6 Å². The molecule has 0 aliphatic carbocycles. The van der Waals surface area contributed by atoms with Gasteiger partial charge < -0.3 is 9.47 Å². The number of benzene rings is 1. The van der Waals surface area contributed by atoms with Crippen LogP contribution in [0.25, 0.3) is 0 Å². The van der Waals surface area contributed by atoms with Crippen LogP contribution in [0, 0.1) is 5.92 Å². The van der Waals surface area contributed by atoms with Gasteiger partial charge in [0.2, 0.25) is 5.91 Å². The minimum atomic E-state index is 0.231. The van der Waals surface area contributed by atoms with Crippen LogP contribution in [0.2, 0.25) is 5.02 Å². The lowest BCUT2D eigenvalue weighted by Gasteiger charge is -2.30. The Labute approximate surface area is 156 Å². The molecular formula is C21H29ClN2O. The van der Waals surface area contributed by atoms with E-state index >= 15 is 0 Å². The third-order valence-electron chi connectivity index (χ3n) is 4.58. The van der Waals surface area contributed by atoms with Gasteiger partial charge in [0.25, 0.3) is 0 Å². The second-order valence-corrected chi connectivity index (χ2v) is 7.50. The van der Waals surface area contributed by atoms with E-state index in [2.05, 4.69) is 44.5 Å². The molecule has 4 heteroatoms. The van der Waals surface area contributed by atoms with Crippen LogP contribution < -0.4 is 0 Å². The fraction of sp³-hybridized carbons (Fsp3) is 0.476. The summed E-state index contributed by atoms with van der Waals surface area (Å²) in [5.41, 5.74) is 2.22. The maximum atomic E-state index is 12.7. The first-order chi connectivity index (χ1) is 11.9. The summed E-state index contributed by atoms with van der Waals surface area (Å²) in [4.78, 5) is 14.7. The minimum absolute atomic E-state index is 0.231. The van der Waals surface area contributed by atoms with Gasteiger partial charge in [-0.25, -0.2) is 0 Å². The summed E-state index contributed by atoms with van der Waals surface area (Å²) < 4.78 is 2.18. The van der Waals surface area contributed by atoms with Crippen LogP contribution in [-0.2, 0) is 17.9 Å². The Kier molecular flexibility index (Phi) is 7.12. The van der Waals surface area contributed by atoms with Crippen LogP contribution in [0.4, 0.5) is 0 Å². The van der Waals surface area contributed by atoms with E-state index in [1.54, 1.807) is 0 Å². The van der Waals surface area contributed by atoms with Crippen molar-refractivity contribution in [1.82, 2.24) is 9.47 Å². The van der Waals surface area contributed by atoms with Crippen LogP contribution in [-0.4, -0.2) is 21.4 Å². The van der Waals surface area contributed by atoms with E-state index in [0.29, 0.717) is 25.4 Å². The molecule has 25 heavy (non-hydrogen) atoms. The second-order valence-electron chi connectivity index (χ2n) is 7.10. The van der Waals surface area contributed by atoms with E-state index in [4.69, 9.17) is 11.6 Å². The average molecular weight is 361 g/mol. The van der Waals surface area contributed by atoms with Crippen LogP contribution in [0.1, 0.15) is 51.8 Å². The summed E-state index contributed by atoms with van der Waals surface area (Å²) in [6.45, 7) is 9.79. The number of amides is 1. The zero-order chi connectivity index (χ0) is 18.4. The van der Waals surface area contributed by atoms with Crippen molar-refractivity contribution in [3.63, 3.8) is 0 Å². The molecule has 1 aromatic carbocycles. The highest BCUT2D eigenvalue weighted by Crippen LogP contribution is 2.20. The van der Waals surface area contributed by atoms with E-state index < -0.39 is 0 Å². The number of aromatic nitrogens is 1. The van der Waals surface area contributed by atoms with Crippen molar-refractivity contribution in [3.8, 4) is 0 Å². The van der Waals surface area contributed by atoms with Gasteiger partial charge >= 0.3 is 0 Å². The van der Waals surface area contributed by atoms with E-state index in [9.17, 15) is 4.79 Å². The highest BCUT2D eigenvalue weighted by molar-refractivity contribution is 6.31. The van der Waals surface area contributed by atoms with Crippen molar-refractivity contribution in [1.29, 1.82) is 0 Å². The quantitative estimate of drug-likeness (QED) is 0.621. The summed E-state index contributed by atoms with van der Waals surface area (Å²) >= 11 is 6.30.